The molecule has 1 N–H and O–H groups in total. The molecule has 0 radical (unpaired) electrons. The average Bonchev–Trinajstić information content (AvgIpc) is 3.27. The van der Waals surface area contributed by atoms with Crippen LogP contribution in [0.3, 0.4) is 0 Å². The largest absolute Gasteiger partial charge is 0.403 e. The molecule has 1 atom stereocenters. The van der Waals surface area contributed by atoms with Gasteiger partial charge in [-0.2, -0.15) is 4.31 Å². The van der Waals surface area contributed by atoms with Gasteiger partial charge in [0.2, 0.25) is 10.0 Å². The Morgan fingerprint density at radius 1 is 1.03 bits per heavy atom. The molecule has 10 nitrogen and oxygen atoms in total. The second-order valence-electron chi connectivity index (χ2n) is 8.12. The van der Waals surface area contributed by atoms with Crippen LogP contribution in [0.5, 0.6) is 0 Å². The number of nitrogens with one attached hydrogen (secondary N) is 1. The zero-order chi connectivity index (χ0) is 24.5. The van der Waals surface area contributed by atoms with Gasteiger partial charge < -0.3 is 4.42 Å². The SMILES string of the molecule is CC1CCCCN1S(=O)(=O)c1ccc(C(=O)Nc2nnc(-c3ccccc3S(C)(=O)=O)o2)cc1. The summed E-state index contributed by atoms with van der Waals surface area (Å²) in [6.45, 7) is 2.37. The zero-order valence-corrected chi connectivity index (χ0v) is 20.3. The number of sulfone groups is 1. The number of anilines is 1. The molecular weight excluding hydrogens is 480 g/mol. The molecule has 1 saturated heterocycles. The molecule has 2 heterocycles. The van der Waals surface area contributed by atoms with Crippen LogP contribution in [0.2, 0.25) is 0 Å². The van der Waals surface area contributed by atoms with E-state index in [2.05, 4.69) is 15.5 Å². The molecule has 180 valence electrons. The van der Waals surface area contributed by atoms with E-state index in [0.717, 1.165) is 25.5 Å². The highest BCUT2D eigenvalue weighted by atomic mass is 32.2. The number of piperidine rings is 1. The Bertz CT molecular complexity index is 1420. The zero-order valence-electron chi connectivity index (χ0n) is 18.6. The molecule has 12 heteroatoms. The number of nitrogens with zero attached hydrogens (tertiary/aromatic N) is 3. The number of carbonyl (C=O) groups excluding carboxylic acids is 1. The maximum atomic E-state index is 13.0. The second kappa shape index (κ2) is 9.28. The number of amides is 1. The van der Waals surface area contributed by atoms with Crippen LogP contribution in [0, 0.1) is 0 Å². The van der Waals surface area contributed by atoms with Crippen LogP contribution in [0.25, 0.3) is 11.5 Å². The van der Waals surface area contributed by atoms with Crippen molar-refractivity contribution in [2.24, 2.45) is 0 Å². The highest BCUT2D eigenvalue weighted by Crippen LogP contribution is 2.28. The van der Waals surface area contributed by atoms with Crippen LogP contribution in [0.4, 0.5) is 6.01 Å². The Balaban J connectivity index is 1.50. The predicted molar refractivity (Wildman–Crippen MR) is 124 cm³/mol. The highest BCUT2D eigenvalue weighted by Gasteiger charge is 2.31. The number of rotatable bonds is 6. The molecule has 0 spiro atoms. The molecule has 1 unspecified atom stereocenters. The summed E-state index contributed by atoms with van der Waals surface area (Å²) < 4.78 is 56.9. The van der Waals surface area contributed by atoms with E-state index in [1.54, 1.807) is 12.1 Å². The second-order valence-corrected chi connectivity index (χ2v) is 12.0. The number of aromatic nitrogens is 2. The minimum atomic E-state index is -3.64. The summed E-state index contributed by atoms with van der Waals surface area (Å²) in [5.74, 6) is -0.643. The average molecular weight is 505 g/mol. The third kappa shape index (κ3) is 4.88. The maximum Gasteiger partial charge on any atom is 0.322 e. The van der Waals surface area contributed by atoms with Crippen LogP contribution < -0.4 is 5.32 Å². The topological polar surface area (TPSA) is 140 Å². The molecule has 0 bridgehead atoms. The summed E-state index contributed by atoms with van der Waals surface area (Å²) in [7, 11) is -7.18. The molecule has 34 heavy (non-hydrogen) atoms. The number of benzene rings is 2. The Labute approximate surface area is 198 Å². The lowest BCUT2D eigenvalue weighted by molar-refractivity contribution is 0.102. The molecule has 1 aromatic heterocycles. The molecule has 1 aliphatic rings. The third-order valence-electron chi connectivity index (χ3n) is 5.63. The van der Waals surface area contributed by atoms with Crippen molar-refractivity contribution >= 4 is 31.8 Å². The van der Waals surface area contributed by atoms with Gasteiger partial charge in [0.05, 0.1) is 15.4 Å². The van der Waals surface area contributed by atoms with Crippen molar-refractivity contribution in [3.8, 4) is 11.5 Å². The van der Waals surface area contributed by atoms with Gasteiger partial charge in [-0.15, -0.1) is 5.10 Å². The summed E-state index contributed by atoms with van der Waals surface area (Å²) in [6.07, 6.45) is 3.72. The van der Waals surface area contributed by atoms with Crippen LogP contribution in [0.15, 0.2) is 62.7 Å². The molecule has 1 amide bonds. The number of sulfonamides is 1. The lowest BCUT2D eigenvalue weighted by atomic mass is 10.1. The third-order valence-corrected chi connectivity index (χ3v) is 8.81. The van der Waals surface area contributed by atoms with Crippen molar-refractivity contribution in [2.75, 3.05) is 18.1 Å². The summed E-state index contributed by atoms with van der Waals surface area (Å²) in [6, 6.07) is 11.5. The van der Waals surface area contributed by atoms with Gasteiger partial charge in [0.25, 0.3) is 11.8 Å². The van der Waals surface area contributed by atoms with Gasteiger partial charge in [0.15, 0.2) is 9.84 Å². The van der Waals surface area contributed by atoms with Crippen molar-refractivity contribution in [2.45, 2.75) is 42.0 Å². The van der Waals surface area contributed by atoms with Crippen LogP contribution in [-0.4, -0.2) is 56.1 Å². The summed E-state index contributed by atoms with van der Waals surface area (Å²) in [4.78, 5) is 12.8. The highest BCUT2D eigenvalue weighted by molar-refractivity contribution is 7.90. The standard InChI is InChI=1S/C22H24N4O6S2/c1-15-7-5-6-14-26(15)34(30,31)17-12-10-16(11-13-17)20(27)23-22-25-24-21(32-22)18-8-3-4-9-19(18)33(2,28)29/h3-4,8-13,15H,5-7,14H2,1-2H3,(H,23,25,27). The fourth-order valence-corrected chi connectivity index (χ4v) is 6.44. The minimum Gasteiger partial charge on any atom is -0.403 e. The van der Waals surface area contributed by atoms with Crippen LogP contribution in [0.1, 0.15) is 36.5 Å². The Hall–Kier alpha value is -3.09. The summed E-state index contributed by atoms with van der Waals surface area (Å²) in [5, 5.41) is 10.0. The van der Waals surface area contributed by atoms with Crippen LogP contribution >= 0.6 is 0 Å². The maximum absolute atomic E-state index is 13.0. The first-order valence-corrected chi connectivity index (χ1v) is 14.0. The minimum absolute atomic E-state index is 0.0244. The monoisotopic (exact) mass is 504 g/mol. The Kier molecular flexibility index (Phi) is 6.56. The molecule has 1 aliphatic heterocycles. The van der Waals surface area contributed by atoms with E-state index in [-0.39, 0.29) is 38.9 Å². The number of carbonyl (C=O) groups is 1. The Morgan fingerprint density at radius 2 is 1.74 bits per heavy atom. The summed E-state index contributed by atoms with van der Waals surface area (Å²) in [5.41, 5.74) is 0.418. The summed E-state index contributed by atoms with van der Waals surface area (Å²) >= 11 is 0. The fraction of sp³-hybridized carbons (Fsp3) is 0.318. The van der Waals surface area contributed by atoms with E-state index in [9.17, 15) is 21.6 Å². The van der Waals surface area contributed by atoms with Crippen molar-refractivity contribution in [3.63, 3.8) is 0 Å². The Morgan fingerprint density at radius 3 is 2.41 bits per heavy atom. The van der Waals surface area contributed by atoms with E-state index in [1.807, 2.05) is 6.92 Å². The molecule has 4 rings (SSSR count). The van der Waals surface area contributed by atoms with Gasteiger partial charge in [0.1, 0.15) is 0 Å². The first-order chi connectivity index (χ1) is 16.1. The van der Waals surface area contributed by atoms with Gasteiger partial charge in [-0.25, -0.2) is 16.8 Å². The molecule has 3 aromatic rings. The normalized spacial score (nSPS) is 17.4. The van der Waals surface area contributed by atoms with Gasteiger partial charge >= 0.3 is 6.01 Å². The smallest absolute Gasteiger partial charge is 0.322 e. The molecule has 0 saturated carbocycles. The molecule has 2 aromatic carbocycles. The van der Waals surface area contributed by atoms with Crippen LogP contribution in [-0.2, 0) is 19.9 Å². The van der Waals surface area contributed by atoms with E-state index in [1.165, 1.54) is 40.7 Å². The van der Waals surface area contributed by atoms with Gasteiger partial charge in [0, 0.05) is 24.4 Å². The van der Waals surface area contributed by atoms with Gasteiger partial charge in [-0.1, -0.05) is 23.7 Å². The van der Waals surface area contributed by atoms with E-state index >= 15 is 0 Å². The van der Waals surface area contributed by atoms with Gasteiger partial charge in [-0.05, 0) is 56.2 Å². The van der Waals surface area contributed by atoms with E-state index in [4.69, 9.17) is 4.42 Å². The lowest BCUT2D eigenvalue weighted by Crippen LogP contribution is -2.41. The van der Waals surface area contributed by atoms with E-state index in [0.29, 0.717) is 6.54 Å². The van der Waals surface area contributed by atoms with Crippen molar-refractivity contribution in [1.82, 2.24) is 14.5 Å². The van der Waals surface area contributed by atoms with E-state index < -0.39 is 25.8 Å². The number of hydrogen-bond acceptors (Lipinski definition) is 8. The first kappa shape index (κ1) is 24.0. The number of hydrogen-bond donors (Lipinski definition) is 1. The predicted octanol–water partition coefficient (Wildman–Crippen LogP) is 2.96. The van der Waals surface area contributed by atoms with Crippen molar-refractivity contribution in [3.05, 3.63) is 54.1 Å². The molecule has 0 aliphatic carbocycles. The van der Waals surface area contributed by atoms with Gasteiger partial charge in [-0.3, -0.25) is 10.1 Å². The quantitative estimate of drug-likeness (QED) is 0.540. The fourth-order valence-electron chi connectivity index (χ4n) is 3.86. The molecule has 1 fully saturated rings. The lowest BCUT2D eigenvalue weighted by Gasteiger charge is -2.32. The van der Waals surface area contributed by atoms with Crippen molar-refractivity contribution < 1.29 is 26.0 Å². The van der Waals surface area contributed by atoms with Crippen molar-refractivity contribution in [1.29, 1.82) is 0 Å². The first-order valence-electron chi connectivity index (χ1n) is 10.6. The molecular formula is C22H24N4O6S2.